The van der Waals surface area contributed by atoms with E-state index < -0.39 is 0 Å². The Morgan fingerprint density at radius 1 is 1.37 bits per heavy atom. The Bertz CT molecular complexity index is 473. The minimum Gasteiger partial charge on any atom is -0.396 e. The summed E-state index contributed by atoms with van der Waals surface area (Å²) < 4.78 is 6.50. The quantitative estimate of drug-likeness (QED) is 0.819. The highest BCUT2D eigenvalue weighted by atomic mass is 32.1. The van der Waals surface area contributed by atoms with Gasteiger partial charge in [-0.05, 0) is 30.9 Å². The fourth-order valence-electron chi connectivity index (χ4n) is 2.22. The molecule has 0 amide bonds. The second-order valence-electron chi connectivity index (χ2n) is 4.74. The summed E-state index contributed by atoms with van der Waals surface area (Å²) >= 11 is 1.82. The first-order valence-electron chi connectivity index (χ1n) is 6.59. The van der Waals surface area contributed by atoms with Gasteiger partial charge in [-0.25, -0.2) is 0 Å². The third-order valence-corrected chi connectivity index (χ3v) is 4.50. The van der Waals surface area contributed by atoms with Crippen LogP contribution in [0.3, 0.4) is 0 Å². The topological polar surface area (TPSA) is 41.5 Å². The van der Waals surface area contributed by atoms with Crippen LogP contribution in [0.4, 0.5) is 0 Å². The summed E-state index contributed by atoms with van der Waals surface area (Å²) in [6.45, 7) is 2.96. The second-order valence-corrected chi connectivity index (χ2v) is 5.85. The number of methoxy groups -OCH3 is 1. The zero-order chi connectivity index (χ0) is 13.7. The Hall–Kier alpha value is -0.940. The van der Waals surface area contributed by atoms with Crippen molar-refractivity contribution in [3.05, 3.63) is 35.2 Å². The van der Waals surface area contributed by atoms with Gasteiger partial charge < -0.3 is 15.2 Å². The van der Waals surface area contributed by atoms with Crippen molar-refractivity contribution in [1.29, 1.82) is 0 Å². The van der Waals surface area contributed by atoms with Crippen molar-refractivity contribution in [1.82, 2.24) is 5.32 Å². The van der Waals surface area contributed by atoms with Gasteiger partial charge >= 0.3 is 0 Å². The summed E-state index contributed by atoms with van der Waals surface area (Å²) in [5.41, 5.74) is 0. The largest absolute Gasteiger partial charge is 0.396 e. The van der Waals surface area contributed by atoms with Crippen molar-refractivity contribution in [3.8, 4) is 0 Å². The van der Waals surface area contributed by atoms with Crippen LogP contribution in [0.5, 0.6) is 0 Å². The van der Waals surface area contributed by atoms with Crippen molar-refractivity contribution in [3.63, 3.8) is 0 Å². The summed E-state index contributed by atoms with van der Waals surface area (Å²) in [5.74, 6) is 0. The molecule has 2 atom stereocenters. The van der Waals surface area contributed by atoms with E-state index in [-0.39, 0.29) is 18.7 Å². The average Bonchev–Trinajstić information content (AvgIpc) is 2.83. The van der Waals surface area contributed by atoms with Crippen LogP contribution in [0.1, 0.15) is 24.3 Å². The zero-order valence-electron chi connectivity index (χ0n) is 11.4. The molecule has 2 unspecified atom stereocenters. The van der Waals surface area contributed by atoms with Crippen molar-refractivity contribution < 1.29 is 9.84 Å². The van der Waals surface area contributed by atoms with Crippen LogP contribution in [-0.4, -0.2) is 31.5 Å². The summed E-state index contributed by atoms with van der Waals surface area (Å²) in [5, 5.41) is 13.9. The Labute approximate surface area is 118 Å². The lowest BCUT2D eigenvalue weighted by Gasteiger charge is -2.21. The number of ether oxygens (including phenoxy) is 1. The molecule has 3 nitrogen and oxygen atoms in total. The molecule has 2 rings (SSSR count). The van der Waals surface area contributed by atoms with Gasteiger partial charge in [0, 0.05) is 35.4 Å². The van der Waals surface area contributed by atoms with Crippen LogP contribution >= 0.6 is 11.3 Å². The van der Waals surface area contributed by atoms with Crippen LogP contribution in [0.25, 0.3) is 10.1 Å². The van der Waals surface area contributed by atoms with Gasteiger partial charge in [-0.1, -0.05) is 18.2 Å². The number of nitrogens with one attached hydrogen (secondary N) is 1. The minimum absolute atomic E-state index is 0.181. The van der Waals surface area contributed by atoms with E-state index in [9.17, 15) is 0 Å². The summed E-state index contributed by atoms with van der Waals surface area (Å²) in [4.78, 5) is 1.32. The first-order valence-corrected chi connectivity index (χ1v) is 7.40. The van der Waals surface area contributed by atoms with Crippen LogP contribution in [0.15, 0.2) is 30.3 Å². The fourth-order valence-corrected chi connectivity index (χ4v) is 3.30. The molecule has 1 heterocycles. The molecule has 0 aliphatic rings. The zero-order valence-corrected chi connectivity index (χ0v) is 12.2. The highest BCUT2D eigenvalue weighted by Crippen LogP contribution is 2.29. The number of aliphatic hydroxyl groups is 1. The van der Waals surface area contributed by atoms with Gasteiger partial charge in [-0.2, -0.15) is 0 Å². The third-order valence-electron chi connectivity index (χ3n) is 3.20. The van der Waals surface area contributed by atoms with Gasteiger partial charge in [0.05, 0.1) is 6.61 Å². The van der Waals surface area contributed by atoms with Gasteiger partial charge in [0.1, 0.15) is 0 Å². The molecular formula is C15H21NO2S. The monoisotopic (exact) mass is 279 g/mol. The normalized spacial score (nSPS) is 14.7. The van der Waals surface area contributed by atoms with Gasteiger partial charge in [-0.15, -0.1) is 11.3 Å². The molecule has 4 heteroatoms. The third kappa shape index (κ3) is 3.76. The molecule has 104 valence electrons. The predicted molar refractivity (Wildman–Crippen MR) is 80.7 cm³/mol. The van der Waals surface area contributed by atoms with Crippen molar-refractivity contribution >= 4 is 21.4 Å². The highest BCUT2D eigenvalue weighted by molar-refractivity contribution is 7.19. The molecule has 0 aliphatic carbocycles. The van der Waals surface area contributed by atoms with E-state index in [1.54, 1.807) is 7.11 Å². The Morgan fingerprint density at radius 2 is 2.16 bits per heavy atom. The maximum Gasteiger partial charge on any atom is 0.0616 e. The molecule has 2 N–H and O–H groups in total. The molecule has 0 saturated heterocycles. The minimum atomic E-state index is 0.181. The number of hydrogen-bond acceptors (Lipinski definition) is 4. The lowest BCUT2D eigenvalue weighted by molar-refractivity contribution is 0.144. The molecule has 19 heavy (non-hydrogen) atoms. The highest BCUT2D eigenvalue weighted by Gasteiger charge is 2.14. The van der Waals surface area contributed by atoms with E-state index in [4.69, 9.17) is 9.84 Å². The lowest BCUT2D eigenvalue weighted by atomic mass is 10.1. The number of benzene rings is 1. The molecule has 0 bridgehead atoms. The SMILES string of the molecule is COCC(CCO)NC(C)c1cc2ccccc2s1. The maximum absolute atomic E-state index is 9.07. The van der Waals surface area contributed by atoms with E-state index in [0.29, 0.717) is 13.0 Å². The van der Waals surface area contributed by atoms with Gasteiger partial charge in [0.15, 0.2) is 0 Å². The molecule has 0 aliphatic heterocycles. The molecule has 0 saturated carbocycles. The smallest absolute Gasteiger partial charge is 0.0616 e. The van der Waals surface area contributed by atoms with Crippen molar-refractivity contribution in [2.24, 2.45) is 0 Å². The van der Waals surface area contributed by atoms with Crippen LogP contribution < -0.4 is 5.32 Å². The van der Waals surface area contributed by atoms with E-state index in [1.807, 2.05) is 11.3 Å². The number of fused-ring (bicyclic) bond motifs is 1. The standard InChI is InChI=1S/C15H21NO2S/c1-11(16-13(7-8-17)10-18-2)15-9-12-5-3-4-6-14(12)19-15/h3-6,9,11,13,16-17H,7-8,10H2,1-2H3. The molecule has 2 aromatic rings. The summed E-state index contributed by atoms with van der Waals surface area (Å²) in [7, 11) is 1.69. The Balaban J connectivity index is 2.07. The molecule has 0 radical (unpaired) electrons. The number of thiophene rings is 1. The Kier molecular flexibility index (Phi) is 5.34. The molecular weight excluding hydrogens is 258 g/mol. The Morgan fingerprint density at radius 3 is 2.84 bits per heavy atom. The van der Waals surface area contributed by atoms with Crippen LogP contribution in [-0.2, 0) is 4.74 Å². The average molecular weight is 279 g/mol. The summed E-state index contributed by atoms with van der Waals surface area (Å²) in [6.07, 6.45) is 0.711. The number of rotatable bonds is 7. The van der Waals surface area contributed by atoms with Crippen molar-refractivity contribution in [2.75, 3.05) is 20.3 Å². The van der Waals surface area contributed by atoms with Crippen LogP contribution in [0.2, 0.25) is 0 Å². The van der Waals surface area contributed by atoms with E-state index >= 15 is 0 Å². The van der Waals surface area contributed by atoms with Crippen LogP contribution in [0, 0.1) is 0 Å². The van der Waals surface area contributed by atoms with Crippen molar-refractivity contribution in [2.45, 2.75) is 25.4 Å². The van der Waals surface area contributed by atoms with E-state index in [0.717, 1.165) is 0 Å². The maximum atomic E-state index is 9.07. The molecule has 1 aromatic carbocycles. The first-order chi connectivity index (χ1) is 9.24. The number of aliphatic hydroxyl groups excluding tert-OH is 1. The predicted octanol–water partition coefficient (Wildman–Crippen LogP) is 2.95. The molecule has 0 fully saturated rings. The van der Waals surface area contributed by atoms with Gasteiger partial charge in [0.25, 0.3) is 0 Å². The summed E-state index contributed by atoms with van der Waals surface area (Å²) in [6, 6.07) is 11.1. The first kappa shape index (κ1) is 14.5. The second kappa shape index (κ2) is 7.01. The molecule has 0 spiro atoms. The van der Waals surface area contributed by atoms with E-state index in [1.165, 1.54) is 15.0 Å². The van der Waals surface area contributed by atoms with E-state index in [2.05, 4.69) is 42.6 Å². The van der Waals surface area contributed by atoms with Gasteiger partial charge in [-0.3, -0.25) is 0 Å². The lowest BCUT2D eigenvalue weighted by Crippen LogP contribution is -2.35. The number of hydrogen-bond donors (Lipinski definition) is 2. The van der Waals surface area contributed by atoms with Gasteiger partial charge in [0.2, 0.25) is 0 Å². The molecule has 1 aromatic heterocycles. The fraction of sp³-hybridized carbons (Fsp3) is 0.467.